The van der Waals surface area contributed by atoms with Crippen molar-refractivity contribution in [3.63, 3.8) is 0 Å². The number of piperidine rings is 1. The van der Waals surface area contributed by atoms with E-state index in [0.29, 0.717) is 6.54 Å². The molecule has 2 rings (SSSR count). The molecular weight excluding hydrogens is 327 g/mol. The van der Waals surface area contributed by atoms with E-state index in [0.717, 1.165) is 38.4 Å². The minimum atomic E-state index is -3.56. The molecule has 1 fully saturated rings. The highest BCUT2D eigenvalue weighted by Gasteiger charge is 2.23. The van der Waals surface area contributed by atoms with Crippen molar-refractivity contribution >= 4 is 21.6 Å². The summed E-state index contributed by atoms with van der Waals surface area (Å²) in [6, 6.07) is 4.26. The van der Waals surface area contributed by atoms with Gasteiger partial charge in [0, 0.05) is 23.2 Å². The van der Waals surface area contributed by atoms with Gasteiger partial charge in [-0.05, 0) is 38.1 Å². The summed E-state index contributed by atoms with van der Waals surface area (Å²) in [7, 11) is -3.56. The van der Waals surface area contributed by atoms with Gasteiger partial charge in [-0.3, -0.25) is 4.90 Å². The maximum atomic E-state index is 13.7. The van der Waals surface area contributed by atoms with Gasteiger partial charge in [0.15, 0.2) is 0 Å². The summed E-state index contributed by atoms with van der Waals surface area (Å²) in [5.74, 6) is -0.958. The van der Waals surface area contributed by atoms with Gasteiger partial charge >= 0.3 is 0 Å². The number of hydrogen-bond acceptors (Lipinski definition) is 3. The lowest BCUT2D eigenvalue weighted by Gasteiger charge is -2.34. The Hall–Kier alpha value is -0.690. The summed E-state index contributed by atoms with van der Waals surface area (Å²) in [4.78, 5) is 2.29. The normalized spacial score (nSPS) is 20.2. The van der Waals surface area contributed by atoms with Crippen LogP contribution in [0.1, 0.15) is 31.7 Å². The van der Waals surface area contributed by atoms with Gasteiger partial charge in [0.25, 0.3) is 0 Å². The molecule has 1 aliphatic rings. The highest BCUT2D eigenvalue weighted by Crippen LogP contribution is 2.18. The van der Waals surface area contributed by atoms with E-state index >= 15 is 0 Å². The molecule has 0 bridgehead atoms. The van der Waals surface area contributed by atoms with E-state index in [-0.39, 0.29) is 22.4 Å². The molecule has 0 amide bonds. The minimum absolute atomic E-state index is 0.132. The van der Waals surface area contributed by atoms with E-state index in [1.54, 1.807) is 0 Å². The number of likely N-dealkylation sites (tertiary alicyclic amines) is 1. The Morgan fingerprint density at radius 2 is 2.18 bits per heavy atom. The largest absolute Gasteiger partial charge is 0.299 e. The number of hydrogen-bond donors (Lipinski definition) is 1. The molecule has 1 saturated heterocycles. The van der Waals surface area contributed by atoms with Crippen LogP contribution in [0.2, 0.25) is 5.02 Å². The molecule has 0 saturated carbocycles. The third kappa shape index (κ3) is 4.91. The third-order valence-corrected chi connectivity index (χ3v) is 5.59. The van der Waals surface area contributed by atoms with E-state index < -0.39 is 15.8 Å². The fourth-order valence-electron chi connectivity index (χ4n) is 2.83. The quantitative estimate of drug-likeness (QED) is 0.860. The van der Waals surface area contributed by atoms with Gasteiger partial charge in [-0.15, -0.1) is 0 Å². The second-order valence-corrected chi connectivity index (χ2v) is 7.86. The standard InChI is InChI=1S/C15H22ClFN2O2S/c1-2-19-8-4-3-5-14(19)10-18-22(20,21)11-12-6-7-13(16)9-15(12)17/h6-7,9,14,18H,2-5,8,10-11H2,1H3/t14-/m0/s1. The van der Waals surface area contributed by atoms with Gasteiger partial charge in [0.1, 0.15) is 5.82 Å². The van der Waals surface area contributed by atoms with E-state index in [1.165, 1.54) is 12.1 Å². The predicted molar refractivity (Wildman–Crippen MR) is 86.9 cm³/mol. The Bertz CT molecular complexity index is 610. The van der Waals surface area contributed by atoms with Gasteiger partial charge in [-0.2, -0.15) is 0 Å². The van der Waals surface area contributed by atoms with Crippen LogP contribution in [-0.4, -0.2) is 39.0 Å². The zero-order chi connectivity index (χ0) is 16.2. The van der Waals surface area contributed by atoms with Crippen molar-refractivity contribution < 1.29 is 12.8 Å². The molecule has 0 unspecified atom stereocenters. The lowest BCUT2D eigenvalue weighted by atomic mass is 10.0. The van der Waals surface area contributed by atoms with E-state index in [4.69, 9.17) is 11.6 Å². The summed E-state index contributed by atoms with van der Waals surface area (Å²) in [6.07, 6.45) is 3.27. The Morgan fingerprint density at radius 3 is 2.86 bits per heavy atom. The fraction of sp³-hybridized carbons (Fsp3) is 0.600. The van der Waals surface area contributed by atoms with E-state index in [1.807, 2.05) is 0 Å². The molecule has 0 aliphatic carbocycles. The van der Waals surface area contributed by atoms with Crippen LogP contribution >= 0.6 is 11.6 Å². The predicted octanol–water partition coefficient (Wildman–Crippen LogP) is 2.77. The summed E-state index contributed by atoms with van der Waals surface area (Å²) < 4.78 is 40.6. The third-order valence-electron chi connectivity index (χ3n) is 4.05. The van der Waals surface area contributed by atoms with Crippen LogP contribution in [-0.2, 0) is 15.8 Å². The Labute approximate surface area is 136 Å². The van der Waals surface area contributed by atoms with Crippen molar-refractivity contribution in [1.29, 1.82) is 0 Å². The van der Waals surface area contributed by atoms with Gasteiger partial charge in [-0.25, -0.2) is 17.5 Å². The summed E-state index contributed by atoms with van der Waals surface area (Å²) in [5.41, 5.74) is 0.132. The molecule has 4 nitrogen and oxygen atoms in total. The number of sulfonamides is 1. The Kier molecular flexibility index (Phi) is 6.20. The first-order valence-electron chi connectivity index (χ1n) is 7.56. The molecule has 1 aromatic carbocycles. The molecule has 0 aromatic heterocycles. The number of nitrogens with one attached hydrogen (secondary N) is 1. The van der Waals surface area contributed by atoms with Crippen molar-refractivity contribution in [2.45, 2.75) is 38.0 Å². The molecular formula is C15H22ClFN2O2S. The topological polar surface area (TPSA) is 49.4 Å². The average molecular weight is 349 g/mol. The zero-order valence-electron chi connectivity index (χ0n) is 12.7. The van der Waals surface area contributed by atoms with Gasteiger partial charge < -0.3 is 0 Å². The smallest absolute Gasteiger partial charge is 0.215 e. The molecule has 1 atom stereocenters. The highest BCUT2D eigenvalue weighted by molar-refractivity contribution is 7.88. The van der Waals surface area contributed by atoms with E-state index in [2.05, 4.69) is 16.5 Å². The summed E-state index contributed by atoms with van der Waals surface area (Å²) in [6.45, 7) is 4.38. The summed E-state index contributed by atoms with van der Waals surface area (Å²) in [5, 5.41) is 0.257. The van der Waals surface area contributed by atoms with Crippen molar-refractivity contribution in [2.75, 3.05) is 19.6 Å². The zero-order valence-corrected chi connectivity index (χ0v) is 14.3. The Balaban J connectivity index is 1.96. The molecule has 1 aromatic rings. The SMILES string of the molecule is CCN1CCCC[C@H]1CNS(=O)(=O)Cc1ccc(Cl)cc1F. The van der Waals surface area contributed by atoms with Crippen LogP contribution in [0.3, 0.4) is 0 Å². The number of halogens is 2. The van der Waals surface area contributed by atoms with Crippen LogP contribution < -0.4 is 4.72 Å². The second-order valence-electron chi connectivity index (χ2n) is 5.62. The first-order chi connectivity index (χ1) is 10.4. The first-order valence-corrected chi connectivity index (χ1v) is 9.59. The van der Waals surface area contributed by atoms with Crippen molar-refractivity contribution in [3.05, 3.63) is 34.6 Å². The molecule has 0 spiro atoms. The van der Waals surface area contributed by atoms with Crippen molar-refractivity contribution in [2.24, 2.45) is 0 Å². The maximum Gasteiger partial charge on any atom is 0.215 e. The van der Waals surface area contributed by atoms with Crippen LogP contribution in [0.5, 0.6) is 0 Å². The second kappa shape index (κ2) is 7.73. The highest BCUT2D eigenvalue weighted by atomic mass is 35.5. The molecule has 0 radical (unpaired) electrons. The number of rotatable bonds is 6. The van der Waals surface area contributed by atoms with Crippen LogP contribution in [0.4, 0.5) is 4.39 Å². The number of benzene rings is 1. The van der Waals surface area contributed by atoms with E-state index in [9.17, 15) is 12.8 Å². The number of likely N-dealkylation sites (N-methyl/N-ethyl adjacent to an activating group) is 1. The van der Waals surface area contributed by atoms with Crippen LogP contribution in [0, 0.1) is 5.82 Å². The fourth-order valence-corrected chi connectivity index (χ4v) is 4.18. The van der Waals surface area contributed by atoms with Crippen molar-refractivity contribution in [3.8, 4) is 0 Å². The molecule has 1 heterocycles. The number of nitrogens with zero attached hydrogens (tertiary/aromatic N) is 1. The molecule has 1 N–H and O–H groups in total. The van der Waals surface area contributed by atoms with Gasteiger partial charge in [-0.1, -0.05) is 31.0 Å². The van der Waals surface area contributed by atoms with Gasteiger partial charge in [0.2, 0.25) is 10.0 Å². The minimum Gasteiger partial charge on any atom is -0.299 e. The first kappa shape index (κ1) is 17.7. The monoisotopic (exact) mass is 348 g/mol. The van der Waals surface area contributed by atoms with Crippen molar-refractivity contribution in [1.82, 2.24) is 9.62 Å². The molecule has 7 heteroatoms. The van der Waals surface area contributed by atoms with Crippen LogP contribution in [0.15, 0.2) is 18.2 Å². The lowest BCUT2D eigenvalue weighted by Crippen LogP contribution is -2.46. The molecule has 124 valence electrons. The molecule has 22 heavy (non-hydrogen) atoms. The molecule has 1 aliphatic heterocycles. The lowest BCUT2D eigenvalue weighted by molar-refractivity contribution is 0.158. The Morgan fingerprint density at radius 1 is 1.41 bits per heavy atom. The van der Waals surface area contributed by atoms with Gasteiger partial charge in [0.05, 0.1) is 5.75 Å². The maximum absolute atomic E-state index is 13.7. The van der Waals surface area contributed by atoms with Crippen LogP contribution in [0.25, 0.3) is 0 Å². The average Bonchev–Trinajstić information content (AvgIpc) is 2.48. The summed E-state index contributed by atoms with van der Waals surface area (Å²) >= 11 is 5.67.